The standard InChI is InChI=1S/C19H17F2N5O3/c1-23-18(28)13-8-11(4-7-14(13)21)24-19(29)15-9-16(17(22)27)26(25-15)12-5-2-10(20)3-6-12/h2-8,16H,9H2,1H3,(H2,22,27)(H,23,28)(H,24,29). The Morgan fingerprint density at radius 1 is 1.10 bits per heavy atom. The van der Waals surface area contributed by atoms with Crippen molar-refractivity contribution in [3.05, 3.63) is 59.7 Å². The van der Waals surface area contributed by atoms with Crippen LogP contribution in [-0.4, -0.2) is 36.5 Å². The van der Waals surface area contributed by atoms with Crippen molar-refractivity contribution < 1.29 is 23.2 Å². The van der Waals surface area contributed by atoms with Gasteiger partial charge in [-0.25, -0.2) is 8.78 Å². The minimum atomic E-state index is -0.921. The summed E-state index contributed by atoms with van der Waals surface area (Å²) in [4.78, 5) is 36.1. The van der Waals surface area contributed by atoms with Gasteiger partial charge in [0.25, 0.3) is 11.8 Å². The van der Waals surface area contributed by atoms with Crippen LogP contribution in [0, 0.1) is 11.6 Å². The van der Waals surface area contributed by atoms with Gasteiger partial charge in [-0.15, -0.1) is 0 Å². The number of amides is 3. The van der Waals surface area contributed by atoms with Gasteiger partial charge in [0.05, 0.1) is 11.3 Å². The van der Waals surface area contributed by atoms with Crippen LogP contribution in [0.15, 0.2) is 47.6 Å². The molecule has 8 nitrogen and oxygen atoms in total. The SMILES string of the molecule is CNC(=O)c1cc(NC(=O)C2=NN(c3ccc(F)cc3)C(C(N)=O)C2)ccc1F. The molecule has 2 aromatic carbocycles. The van der Waals surface area contributed by atoms with Crippen molar-refractivity contribution >= 4 is 34.8 Å². The van der Waals surface area contributed by atoms with Gasteiger partial charge in [-0.05, 0) is 42.5 Å². The number of nitrogens with one attached hydrogen (secondary N) is 2. The number of benzene rings is 2. The van der Waals surface area contributed by atoms with Gasteiger partial charge in [-0.3, -0.25) is 19.4 Å². The van der Waals surface area contributed by atoms with E-state index in [0.29, 0.717) is 5.69 Å². The zero-order valence-electron chi connectivity index (χ0n) is 15.3. The molecule has 1 atom stereocenters. The molecule has 2 aromatic rings. The van der Waals surface area contributed by atoms with Crippen LogP contribution in [0.3, 0.4) is 0 Å². The number of primary amides is 1. The topological polar surface area (TPSA) is 117 Å². The Morgan fingerprint density at radius 2 is 1.79 bits per heavy atom. The summed E-state index contributed by atoms with van der Waals surface area (Å²) in [6, 6.07) is 7.81. The molecular formula is C19H17F2N5O3. The summed E-state index contributed by atoms with van der Waals surface area (Å²) in [6.45, 7) is 0. The lowest BCUT2D eigenvalue weighted by molar-refractivity contribution is -0.119. The van der Waals surface area contributed by atoms with Gasteiger partial charge in [0, 0.05) is 19.2 Å². The molecule has 0 saturated carbocycles. The van der Waals surface area contributed by atoms with E-state index in [9.17, 15) is 23.2 Å². The second-order valence-electron chi connectivity index (χ2n) is 6.22. The van der Waals surface area contributed by atoms with E-state index in [-0.39, 0.29) is 23.4 Å². The molecule has 3 rings (SSSR count). The molecule has 1 aliphatic heterocycles. The third-order valence-electron chi connectivity index (χ3n) is 4.29. The fourth-order valence-electron chi connectivity index (χ4n) is 2.82. The van der Waals surface area contributed by atoms with Gasteiger partial charge in [0.2, 0.25) is 5.91 Å². The third-order valence-corrected chi connectivity index (χ3v) is 4.29. The average Bonchev–Trinajstić information content (AvgIpc) is 3.15. The molecule has 0 bridgehead atoms. The molecular weight excluding hydrogens is 384 g/mol. The van der Waals surface area contributed by atoms with E-state index in [1.54, 1.807) is 0 Å². The fourth-order valence-corrected chi connectivity index (χ4v) is 2.82. The average molecular weight is 401 g/mol. The lowest BCUT2D eigenvalue weighted by Crippen LogP contribution is -2.39. The Hall–Kier alpha value is -3.82. The molecule has 0 spiro atoms. The molecule has 150 valence electrons. The van der Waals surface area contributed by atoms with Crippen molar-refractivity contribution in [1.82, 2.24) is 5.32 Å². The van der Waals surface area contributed by atoms with E-state index in [4.69, 9.17) is 5.73 Å². The molecule has 1 heterocycles. The quantitative estimate of drug-likeness (QED) is 0.702. The van der Waals surface area contributed by atoms with Crippen LogP contribution in [0.2, 0.25) is 0 Å². The Kier molecular flexibility index (Phi) is 5.53. The van der Waals surface area contributed by atoms with E-state index in [1.807, 2.05) is 0 Å². The predicted molar refractivity (Wildman–Crippen MR) is 102 cm³/mol. The first-order valence-corrected chi connectivity index (χ1v) is 8.54. The molecule has 10 heteroatoms. The van der Waals surface area contributed by atoms with E-state index < -0.39 is 35.4 Å². The first-order valence-electron chi connectivity index (χ1n) is 8.54. The van der Waals surface area contributed by atoms with Crippen molar-refractivity contribution in [1.29, 1.82) is 0 Å². The van der Waals surface area contributed by atoms with Crippen molar-refractivity contribution in [2.24, 2.45) is 10.8 Å². The van der Waals surface area contributed by atoms with Crippen molar-refractivity contribution in [3.8, 4) is 0 Å². The van der Waals surface area contributed by atoms with Crippen molar-refractivity contribution in [2.45, 2.75) is 12.5 Å². The molecule has 0 fully saturated rings. The fraction of sp³-hybridized carbons (Fsp3) is 0.158. The van der Waals surface area contributed by atoms with Gasteiger partial charge < -0.3 is 16.4 Å². The molecule has 3 amide bonds. The number of nitrogens with two attached hydrogens (primary N) is 1. The van der Waals surface area contributed by atoms with Crippen LogP contribution in [0.25, 0.3) is 0 Å². The highest BCUT2D eigenvalue weighted by Gasteiger charge is 2.35. The predicted octanol–water partition coefficient (Wildman–Crippen LogP) is 1.38. The highest BCUT2D eigenvalue weighted by molar-refractivity contribution is 6.44. The molecule has 0 saturated heterocycles. The largest absolute Gasteiger partial charge is 0.368 e. The van der Waals surface area contributed by atoms with E-state index in [2.05, 4.69) is 15.7 Å². The maximum Gasteiger partial charge on any atom is 0.271 e. The number of hydrazone groups is 1. The first-order chi connectivity index (χ1) is 13.8. The number of anilines is 2. The summed E-state index contributed by atoms with van der Waals surface area (Å²) < 4.78 is 26.9. The normalized spacial score (nSPS) is 15.6. The summed E-state index contributed by atoms with van der Waals surface area (Å²) in [5.41, 5.74) is 5.74. The van der Waals surface area contributed by atoms with E-state index in [0.717, 1.165) is 6.07 Å². The number of carbonyl (C=O) groups is 3. The third kappa shape index (κ3) is 4.21. The number of hydrogen-bond acceptors (Lipinski definition) is 5. The molecule has 0 aliphatic carbocycles. The maximum absolute atomic E-state index is 13.8. The van der Waals surface area contributed by atoms with E-state index in [1.165, 1.54) is 48.5 Å². The highest BCUT2D eigenvalue weighted by Crippen LogP contribution is 2.25. The number of halogens is 2. The number of hydrogen-bond donors (Lipinski definition) is 3. The highest BCUT2D eigenvalue weighted by atomic mass is 19.1. The van der Waals surface area contributed by atoms with Gasteiger partial charge in [-0.2, -0.15) is 5.10 Å². The minimum absolute atomic E-state index is 0.00365. The maximum atomic E-state index is 13.8. The van der Waals surface area contributed by atoms with Crippen molar-refractivity contribution in [2.75, 3.05) is 17.4 Å². The Labute approximate surface area is 164 Å². The summed E-state index contributed by atoms with van der Waals surface area (Å²) in [5.74, 6) is -3.20. The van der Waals surface area contributed by atoms with Gasteiger partial charge in [0.15, 0.2) is 0 Å². The van der Waals surface area contributed by atoms with E-state index >= 15 is 0 Å². The van der Waals surface area contributed by atoms with Crippen LogP contribution >= 0.6 is 0 Å². The first kappa shape index (κ1) is 19.9. The van der Waals surface area contributed by atoms with Gasteiger partial charge in [-0.1, -0.05) is 0 Å². The summed E-state index contributed by atoms with van der Waals surface area (Å²) >= 11 is 0. The van der Waals surface area contributed by atoms with Gasteiger partial charge >= 0.3 is 0 Å². The van der Waals surface area contributed by atoms with Crippen LogP contribution in [0.1, 0.15) is 16.8 Å². The molecule has 1 aliphatic rings. The minimum Gasteiger partial charge on any atom is -0.368 e. The number of carbonyl (C=O) groups excluding carboxylic acids is 3. The summed E-state index contributed by atoms with van der Waals surface area (Å²) in [6.07, 6.45) is -0.0674. The smallest absolute Gasteiger partial charge is 0.271 e. The monoisotopic (exact) mass is 401 g/mol. The second-order valence-corrected chi connectivity index (χ2v) is 6.22. The molecule has 29 heavy (non-hydrogen) atoms. The Morgan fingerprint density at radius 3 is 2.41 bits per heavy atom. The lowest BCUT2D eigenvalue weighted by atomic mass is 10.1. The van der Waals surface area contributed by atoms with Crippen molar-refractivity contribution in [3.63, 3.8) is 0 Å². The summed E-state index contributed by atoms with van der Waals surface area (Å²) in [5, 5.41) is 10.2. The molecule has 0 radical (unpaired) electrons. The Balaban J connectivity index is 1.83. The second kappa shape index (κ2) is 8.05. The van der Waals surface area contributed by atoms with Crippen LogP contribution in [0.4, 0.5) is 20.2 Å². The summed E-state index contributed by atoms with van der Waals surface area (Å²) in [7, 11) is 1.36. The van der Waals surface area contributed by atoms with Gasteiger partial charge in [0.1, 0.15) is 23.4 Å². The van der Waals surface area contributed by atoms with Crippen LogP contribution < -0.4 is 21.4 Å². The number of rotatable bonds is 5. The Bertz CT molecular complexity index is 1010. The molecule has 4 N–H and O–H groups in total. The molecule has 0 aromatic heterocycles. The lowest BCUT2D eigenvalue weighted by Gasteiger charge is -2.20. The molecule has 1 unspecified atom stereocenters. The zero-order chi connectivity index (χ0) is 21.1. The zero-order valence-corrected chi connectivity index (χ0v) is 15.3. The number of nitrogens with zero attached hydrogens (tertiary/aromatic N) is 2. The van der Waals surface area contributed by atoms with Crippen LogP contribution in [-0.2, 0) is 9.59 Å². The van der Waals surface area contributed by atoms with Crippen LogP contribution in [0.5, 0.6) is 0 Å².